The first-order valence-corrected chi connectivity index (χ1v) is 12.7. The van der Waals surface area contributed by atoms with Crippen molar-refractivity contribution in [3.05, 3.63) is 35.9 Å². The van der Waals surface area contributed by atoms with E-state index in [0.29, 0.717) is 6.42 Å². The fraction of sp³-hybridized carbons (Fsp3) is 0.429. The van der Waals surface area contributed by atoms with Crippen LogP contribution in [0.15, 0.2) is 28.9 Å². The minimum absolute atomic E-state index is 0.0169. The molecule has 2 heterocycles. The molecular weight excluding hydrogens is 460 g/mol. The smallest absolute Gasteiger partial charge is 0.359 e. The second kappa shape index (κ2) is 8.56. The molecule has 0 amide bonds. The van der Waals surface area contributed by atoms with E-state index in [1.807, 2.05) is 0 Å². The van der Waals surface area contributed by atoms with Gasteiger partial charge in [0.25, 0.3) is 0 Å². The van der Waals surface area contributed by atoms with Crippen LogP contribution in [0.25, 0.3) is 22.2 Å². The molecule has 12 heteroatoms. The monoisotopic (exact) mass is 484 g/mol. The molecular formula is C21H24F4N6OS. The van der Waals surface area contributed by atoms with Crippen molar-refractivity contribution in [3.8, 4) is 11.3 Å². The van der Waals surface area contributed by atoms with Crippen molar-refractivity contribution in [2.45, 2.75) is 43.9 Å². The molecule has 0 radical (unpaired) electrons. The van der Waals surface area contributed by atoms with E-state index in [9.17, 15) is 21.8 Å². The Kier molecular flexibility index (Phi) is 6.08. The highest BCUT2D eigenvalue weighted by Crippen LogP contribution is 2.41. The number of aromatic amines is 1. The number of nitrogens with zero attached hydrogens (tertiary/aromatic N) is 3. The van der Waals surface area contributed by atoms with Crippen LogP contribution in [0.1, 0.15) is 31.2 Å². The van der Waals surface area contributed by atoms with E-state index >= 15 is 0 Å². The second-order valence-corrected chi connectivity index (χ2v) is 11.1. The molecule has 1 aliphatic carbocycles. The van der Waals surface area contributed by atoms with Gasteiger partial charge in [-0.1, -0.05) is 0 Å². The first-order chi connectivity index (χ1) is 15.4. The first kappa shape index (κ1) is 23.4. The molecule has 1 fully saturated rings. The predicted molar refractivity (Wildman–Crippen MR) is 120 cm³/mol. The Hall–Kier alpha value is -2.73. The Morgan fingerprint density at radius 2 is 2.03 bits per heavy atom. The lowest BCUT2D eigenvalue weighted by molar-refractivity contribution is -0.137. The van der Waals surface area contributed by atoms with Crippen molar-refractivity contribution < 1.29 is 21.8 Å². The summed E-state index contributed by atoms with van der Waals surface area (Å²) in [6.07, 6.45) is 3.33. The van der Waals surface area contributed by atoms with Gasteiger partial charge in [0.2, 0.25) is 5.95 Å². The molecule has 33 heavy (non-hydrogen) atoms. The molecule has 1 saturated carbocycles. The molecule has 4 rings (SSSR count). The molecule has 1 aliphatic rings. The van der Waals surface area contributed by atoms with Gasteiger partial charge in [-0.25, -0.2) is 18.6 Å². The number of halogens is 4. The van der Waals surface area contributed by atoms with Crippen LogP contribution >= 0.6 is 0 Å². The third-order valence-corrected chi connectivity index (χ3v) is 6.11. The average molecular weight is 485 g/mol. The van der Waals surface area contributed by atoms with E-state index in [2.05, 4.69) is 24.6 Å². The fourth-order valence-corrected chi connectivity index (χ4v) is 4.69. The number of hydrogen-bond donors (Lipinski definition) is 3. The van der Waals surface area contributed by atoms with E-state index in [-0.39, 0.29) is 45.9 Å². The number of hydrogen-bond acceptors (Lipinski definition) is 6. The van der Waals surface area contributed by atoms with E-state index in [0.717, 1.165) is 31.5 Å². The number of alkyl halides is 3. The highest BCUT2D eigenvalue weighted by Gasteiger charge is 2.36. The summed E-state index contributed by atoms with van der Waals surface area (Å²) in [5.41, 5.74) is 4.68. The molecule has 0 bridgehead atoms. The molecule has 178 valence electrons. The Bertz CT molecular complexity index is 1300. The minimum Gasteiger partial charge on any atom is -0.359 e. The number of fused-ring (bicyclic) bond motifs is 1. The predicted octanol–water partition coefficient (Wildman–Crippen LogP) is 4.82. The van der Waals surface area contributed by atoms with E-state index in [4.69, 9.17) is 5.73 Å². The maximum atomic E-state index is 14.4. The number of anilines is 1. The van der Waals surface area contributed by atoms with Crippen LogP contribution in [0.3, 0.4) is 0 Å². The zero-order valence-corrected chi connectivity index (χ0v) is 18.9. The molecule has 2 aromatic heterocycles. The van der Waals surface area contributed by atoms with Crippen molar-refractivity contribution >= 4 is 32.3 Å². The van der Waals surface area contributed by atoms with Gasteiger partial charge in [0.05, 0.1) is 11.2 Å². The normalized spacial score (nSPS) is 19.6. The van der Waals surface area contributed by atoms with E-state index < -0.39 is 27.3 Å². The molecule has 4 N–H and O–H groups in total. The first-order valence-electron chi connectivity index (χ1n) is 10.4. The zero-order valence-electron chi connectivity index (χ0n) is 18.0. The van der Waals surface area contributed by atoms with Gasteiger partial charge in [0.15, 0.2) is 5.82 Å². The Morgan fingerprint density at radius 3 is 2.70 bits per heavy atom. The molecule has 0 saturated heterocycles. The largest absolute Gasteiger partial charge is 0.419 e. The highest BCUT2D eigenvalue weighted by molar-refractivity contribution is 7.92. The molecule has 7 nitrogen and oxygen atoms in total. The zero-order chi connectivity index (χ0) is 24.0. The van der Waals surface area contributed by atoms with Crippen LogP contribution in [0, 0.1) is 5.82 Å². The molecule has 2 atom stereocenters. The van der Waals surface area contributed by atoms with Crippen LogP contribution < -0.4 is 11.1 Å². The lowest BCUT2D eigenvalue weighted by Crippen LogP contribution is -2.35. The third-order valence-electron chi connectivity index (χ3n) is 5.49. The van der Waals surface area contributed by atoms with Crippen LogP contribution in [-0.2, 0) is 15.9 Å². The van der Waals surface area contributed by atoms with Gasteiger partial charge in [0.1, 0.15) is 11.3 Å². The van der Waals surface area contributed by atoms with Gasteiger partial charge in [-0.3, -0.25) is 0 Å². The number of aromatic nitrogens is 3. The fourth-order valence-electron chi connectivity index (χ4n) is 4.07. The maximum absolute atomic E-state index is 14.4. The van der Waals surface area contributed by atoms with Crippen LogP contribution in [0.5, 0.6) is 0 Å². The summed E-state index contributed by atoms with van der Waals surface area (Å²) >= 11 is 0. The number of nitrogens with two attached hydrogens (primary N) is 1. The summed E-state index contributed by atoms with van der Waals surface area (Å²) in [5, 5.41) is 3.37. The van der Waals surface area contributed by atoms with Gasteiger partial charge >= 0.3 is 6.18 Å². The molecule has 3 aromatic rings. The standard InChI is InChI=1S/C21H24F4N6OS/c1-33(2,32)31-19-16(22)7-6-13-14(9-27-18(13)19)17-15(21(23,24)25)10-28-20(30-17)29-12-5-3-4-11(26)8-12/h6-7,9-12,27H,3-5,8,26H2,1-2H3,(H,28,29,30)/t11-,12-/m0/s1. The van der Waals surface area contributed by atoms with Crippen LogP contribution in [0.2, 0.25) is 0 Å². The lowest BCUT2D eigenvalue weighted by Gasteiger charge is -2.27. The van der Waals surface area contributed by atoms with Crippen molar-refractivity contribution in [1.29, 1.82) is 0 Å². The molecule has 0 unspecified atom stereocenters. The summed E-state index contributed by atoms with van der Waals surface area (Å²) in [6, 6.07) is 2.41. The van der Waals surface area contributed by atoms with Gasteiger partial charge in [-0.15, -0.1) is 0 Å². The van der Waals surface area contributed by atoms with Crippen LogP contribution in [0.4, 0.5) is 29.2 Å². The molecule has 0 spiro atoms. The third kappa shape index (κ3) is 5.11. The second-order valence-electron chi connectivity index (χ2n) is 8.52. The van der Waals surface area contributed by atoms with Gasteiger partial charge in [-0.2, -0.15) is 17.5 Å². The summed E-state index contributed by atoms with van der Waals surface area (Å²) < 4.78 is 71.9. The quantitative estimate of drug-likeness (QED) is 0.460. The minimum atomic E-state index is -4.71. The summed E-state index contributed by atoms with van der Waals surface area (Å²) in [7, 11) is -2.72. The topological polar surface area (TPSA) is 109 Å². The lowest BCUT2D eigenvalue weighted by atomic mass is 9.92. The van der Waals surface area contributed by atoms with Gasteiger partial charge in [-0.05, 0) is 37.8 Å². The maximum Gasteiger partial charge on any atom is 0.419 e. The van der Waals surface area contributed by atoms with Crippen LogP contribution in [-0.4, -0.2) is 43.8 Å². The van der Waals surface area contributed by atoms with Crippen molar-refractivity contribution in [2.24, 2.45) is 10.1 Å². The summed E-state index contributed by atoms with van der Waals surface area (Å²) in [5.74, 6) is -0.675. The number of H-pyrrole nitrogens is 1. The Morgan fingerprint density at radius 1 is 1.27 bits per heavy atom. The highest BCUT2D eigenvalue weighted by atomic mass is 32.2. The number of rotatable bonds is 4. The average Bonchev–Trinajstić information content (AvgIpc) is 3.13. The summed E-state index contributed by atoms with van der Waals surface area (Å²) in [4.78, 5) is 10.9. The van der Waals surface area contributed by atoms with Crippen molar-refractivity contribution in [1.82, 2.24) is 15.0 Å². The van der Waals surface area contributed by atoms with E-state index in [1.54, 1.807) is 0 Å². The van der Waals surface area contributed by atoms with Crippen molar-refractivity contribution in [2.75, 3.05) is 17.8 Å². The SMILES string of the molecule is CS(C)(=O)=Nc1c(F)ccc2c(-c3nc(N[C@H]4CCC[C@H](N)C4)ncc3C(F)(F)F)c[nH]c12. The Balaban J connectivity index is 1.85. The van der Waals surface area contributed by atoms with Gasteiger partial charge in [0, 0.05) is 57.7 Å². The molecule has 0 aliphatic heterocycles. The Labute approximate surface area is 188 Å². The summed E-state index contributed by atoms with van der Waals surface area (Å²) in [6.45, 7) is 0. The van der Waals surface area contributed by atoms with E-state index in [1.165, 1.54) is 24.8 Å². The number of nitrogens with one attached hydrogen (secondary N) is 2. The molecule has 1 aromatic carbocycles. The van der Waals surface area contributed by atoms with Crippen molar-refractivity contribution in [3.63, 3.8) is 0 Å². The number of benzene rings is 1. The van der Waals surface area contributed by atoms with Gasteiger partial charge < -0.3 is 16.0 Å².